The maximum atomic E-state index is 11.4. The largest absolute Gasteiger partial charge is 0.358 e. The van der Waals surface area contributed by atoms with Crippen LogP contribution < -0.4 is 0 Å². The predicted octanol–water partition coefficient (Wildman–Crippen LogP) is 0.534. The molecule has 0 spiro atoms. The summed E-state index contributed by atoms with van der Waals surface area (Å²) < 4.78 is 52.6. The van der Waals surface area contributed by atoms with Crippen molar-refractivity contribution in [2.24, 2.45) is 0 Å². The minimum atomic E-state index is -3.43. The van der Waals surface area contributed by atoms with Gasteiger partial charge in [0.05, 0.1) is 7.12 Å². The normalized spacial score (nSPS) is 16.1. The van der Waals surface area contributed by atoms with E-state index in [1.165, 1.54) is 6.92 Å². The molecule has 1 heterocycles. The van der Waals surface area contributed by atoms with Gasteiger partial charge in [-0.2, -0.15) is 0 Å². The zero-order chi connectivity index (χ0) is 15.7. The lowest BCUT2D eigenvalue weighted by Crippen LogP contribution is -2.16. The molecule has 1 aromatic rings. The lowest BCUT2D eigenvalue weighted by molar-refractivity contribution is -0.392. The highest BCUT2D eigenvalue weighted by molar-refractivity contribution is 7.91. The standard InChI is InChI=1S/C8H13N3O4S/c1-3-16(14,15)5-4-10-7(2)9-6-8(10)11(12)13/h6H,3-5H2,1-2H3/i2D3,6D. The smallest absolute Gasteiger partial charge is 0.342 e. The summed E-state index contributed by atoms with van der Waals surface area (Å²) in [6.07, 6.45) is -0.796. The zero-order valence-corrected chi connectivity index (χ0v) is 9.32. The first-order chi connectivity index (χ1) is 8.99. The van der Waals surface area contributed by atoms with E-state index in [0.29, 0.717) is 4.57 Å². The number of sulfone groups is 1. The topological polar surface area (TPSA) is 95.1 Å². The highest BCUT2D eigenvalue weighted by atomic mass is 32.2. The average molecular weight is 251 g/mol. The molecule has 0 aliphatic heterocycles. The van der Waals surface area contributed by atoms with Crippen LogP contribution in [0.3, 0.4) is 0 Å². The summed E-state index contributed by atoms with van der Waals surface area (Å²) >= 11 is 0. The third kappa shape index (κ3) is 2.78. The number of aryl methyl sites for hydroxylation is 1. The molecule has 0 bridgehead atoms. The number of nitrogens with zero attached hydrogens (tertiary/aromatic N) is 3. The average Bonchev–Trinajstić information content (AvgIpc) is 2.63. The van der Waals surface area contributed by atoms with Crippen molar-refractivity contribution in [3.05, 3.63) is 22.1 Å². The van der Waals surface area contributed by atoms with Gasteiger partial charge in [-0.25, -0.2) is 18.0 Å². The molecule has 0 radical (unpaired) electrons. The summed E-state index contributed by atoms with van der Waals surface area (Å²) in [5.41, 5.74) is 0. The number of aromatic nitrogens is 2. The number of nitro groups is 1. The van der Waals surface area contributed by atoms with Crippen LogP contribution in [-0.4, -0.2) is 34.4 Å². The van der Waals surface area contributed by atoms with Crippen LogP contribution >= 0.6 is 0 Å². The lowest BCUT2D eigenvalue weighted by Gasteiger charge is -2.02. The molecule has 16 heavy (non-hydrogen) atoms. The first-order valence-electron chi connectivity index (χ1n) is 6.42. The van der Waals surface area contributed by atoms with E-state index in [-0.39, 0.29) is 5.75 Å². The fourth-order valence-corrected chi connectivity index (χ4v) is 1.80. The van der Waals surface area contributed by atoms with Gasteiger partial charge in [-0.15, -0.1) is 0 Å². The van der Waals surface area contributed by atoms with E-state index in [4.69, 9.17) is 5.48 Å². The number of imidazole rings is 1. The van der Waals surface area contributed by atoms with Crippen molar-refractivity contribution in [1.29, 1.82) is 0 Å². The Labute approximate surface area is 98.8 Å². The SMILES string of the molecule is [2H]c1nc(C([2H])([2H])[2H])n(CCS(=O)(=O)CC)c1[N+](=O)[O-]. The van der Waals surface area contributed by atoms with Gasteiger partial charge >= 0.3 is 5.82 Å². The van der Waals surface area contributed by atoms with Crippen LogP contribution in [0.15, 0.2) is 6.17 Å². The Balaban J connectivity index is 3.31. The summed E-state index contributed by atoms with van der Waals surface area (Å²) in [6, 6.07) is 0. The Kier molecular flexibility index (Phi) is 2.24. The van der Waals surface area contributed by atoms with Crippen molar-refractivity contribution >= 4 is 15.7 Å². The van der Waals surface area contributed by atoms with Crippen LogP contribution in [0.5, 0.6) is 0 Å². The molecule has 0 unspecified atom stereocenters. The molecule has 0 aromatic carbocycles. The summed E-state index contributed by atoms with van der Waals surface area (Å²) in [5.74, 6) is -2.09. The molecular formula is C8H13N3O4S. The van der Waals surface area contributed by atoms with Crippen LogP contribution in [0.2, 0.25) is 0 Å². The molecule has 0 atom stereocenters. The predicted molar refractivity (Wildman–Crippen MR) is 57.9 cm³/mol. The summed E-state index contributed by atoms with van der Waals surface area (Å²) in [4.78, 5) is 13.3. The molecule has 1 aromatic heterocycles. The maximum absolute atomic E-state index is 11.4. The van der Waals surface area contributed by atoms with E-state index < -0.39 is 51.7 Å². The van der Waals surface area contributed by atoms with Crippen LogP contribution in [0.4, 0.5) is 5.82 Å². The zero-order valence-electron chi connectivity index (χ0n) is 12.5. The maximum Gasteiger partial charge on any atom is 0.342 e. The second-order valence-corrected chi connectivity index (χ2v) is 5.49. The Morgan fingerprint density at radius 3 is 2.94 bits per heavy atom. The molecule has 0 amide bonds. The second kappa shape index (κ2) is 4.60. The Hall–Kier alpha value is -1.44. The molecule has 0 saturated heterocycles. The van der Waals surface area contributed by atoms with Crippen LogP contribution in [-0.2, 0) is 16.4 Å². The molecule has 0 aliphatic carbocycles. The highest BCUT2D eigenvalue weighted by Crippen LogP contribution is 2.13. The van der Waals surface area contributed by atoms with E-state index in [1.54, 1.807) is 0 Å². The third-order valence-electron chi connectivity index (χ3n) is 2.01. The van der Waals surface area contributed by atoms with E-state index in [1.807, 2.05) is 0 Å². The van der Waals surface area contributed by atoms with Gasteiger partial charge in [-0.05, 0) is 4.92 Å². The minimum absolute atomic E-state index is 0.160. The summed E-state index contributed by atoms with van der Waals surface area (Å²) in [7, 11) is -3.43. The van der Waals surface area contributed by atoms with Crippen molar-refractivity contribution in [2.75, 3.05) is 11.5 Å². The van der Waals surface area contributed by atoms with Gasteiger partial charge in [0.2, 0.25) is 0 Å². The van der Waals surface area contributed by atoms with E-state index in [0.717, 1.165) is 0 Å². The number of hydrogen-bond donors (Lipinski definition) is 0. The van der Waals surface area contributed by atoms with E-state index in [2.05, 4.69) is 4.98 Å². The Morgan fingerprint density at radius 1 is 1.75 bits per heavy atom. The lowest BCUT2D eigenvalue weighted by atomic mass is 10.6. The number of rotatable bonds is 5. The first-order valence-corrected chi connectivity index (χ1v) is 6.24. The molecular weight excluding hydrogens is 234 g/mol. The van der Waals surface area contributed by atoms with Gasteiger partial charge in [0, 0.05) is 16.7 Å². The summed E-state index contributed by atoms with van der Waals surface area (Å²) in [5, 5.41) is 10.9. The molecule has 1 rings (SSSR count). The van der Waals surface area contributed by atoms with Gasteiger partial charge in [-0.1, -0.05) is 6.92 Å². The molecule has 8 heteroatoms. The van der Waals surface area contributed by atoms with Crippen LogP contribution in [0.1, 0.15) is 18.2 Å². The van der Waals surface area contributed by atoms with Crippen molar-refractivity contribution < 1.29 is 18.8 Å². The molecule has 0 fully saturated rings. The molecule has 7 nitrogen and oxygen atoms in total. The van der Waals surface area contributed by atoms with Gasteiger partial charge in [-0.3, -0.25) is 0 Å². The summed E-state index contributed by atoms with van der Waals surface area (Å²) in [6.45, 7) is -1.77. The minimum Gasteiger partial charge on any atom is -0.358 e. The van der Waals surface area contributed by atoms with Crippen molar-refractivity contribution in [3.63, 3.8) is 0 Å². The molecule has 0 N–H and O–H groups in total. The van der Waals surface area contributed by atoms with Crippen molar-refractivity contribution in [3.8, 4) is 0 Å². The van der Waals surface area contributed by atoms with Crippen LogP contribution in [0.25, 0.3) is 0 Å². The van der Waals surface area contributed by atoms with Gasteiger partial charge in [0.1, 0.15) is 12.7 Å². The van der Waals surface area contributed by atoms with Gasteiger partial charge < -0.3 is 10.1 Å². The second-order valence-electron chi connectivity index (χ2n) is 3.02. The van der Waals surface area contributed by atoms with Crippen LogP contribution in [0, 0.1) is 17.0 Å². The van der Waals surface area contributed by atoms with Gasteiger partial charge in [0.15, 0.2) is 15.7 Å². The molecule has 0 saturated carbocycles. The fraction of sp³-hybridized carbons (Fsp3) is 0.625. The Bertz CT molecular complexity index is 622. The highest BCUT2D eigenvalue weighted by Gasteiger charge is 2.19. The van der Waals surface area contributed by atoms with E-state index in [9.17, 15) is 18.5 Å². The Morgan fingerprint density at radius 2 is 2.44 bits per heavy atom. The molecule has 0 aliphatic rings. The first kappa shape index (κ1) is 7.77. The molecule has 90 valence electrons. The quantitative estimate of drug-likeness (QED) is 0.562. The van der Waals surface area contributed by atoms with Crippen molar-refractivity contribution in [2.45, 2.75) is 20.3 Å². The fourth-order valence-electron chi connectivity index (χ4n) is 1.05. The van der Waals surface area contributed by atoms with Gasteiger partial charge in [0.25, 0.3) is 0 Å². The van der Waals surface area contributed by atoms with Crippen molar-refractivity contribution in [1.82, 2.24) is 9.55 Å². The van der Waals surface area contributed by atoms with E-state index >= 15 is 0 Å². The number of hydrogen-bond acceptors (Lipinski definition) is 5. The third-order valence-corrected chi connectivity index (χ3v) is 3.70. The monoisotopic (exact) mass is 251 g/mol.